The Bertz CT molecular complexity index is 517. The highest BCUT2D eigenvalue weighted by Gasteiger charge is 2.66. The monoisotopic (exact) mass is 544 g/mol. The average Bonchev–Trinajstić information content (AvgIpc) is 2.43. The van der Waals surface area contributed by atoms with Gasteiger partial charge < -0.3 is 9.47 Å². The van der Waals surface area contributed by atoms with E-state index in [0.29, 0.717) is 25.3 Å². The van der Waals surface area contributed by atoms with Gasteiger partial charge in [0.2, 0.25) is 0 Å². The third-order valence-electron chi connectivity index (χ3n) is 6.52. The molecule has 0 radical (unpaired) electrons. The molecule has 0 N–H and O–H groups in total. The van der Waals surface area contributed by atoms with Crippen LogP contribution in [0.5, 0.6) is 0 Å². The summed E-state index contributed by atoms with van der Waals surface area (Å²) in [5.41, 5.74) is 0.295. The summed E-state index contributed by atoms with van der Waals surface area (Å²) in [7, 11) is 0. The number of ether oxygens (including phenoxy) is 2. The maximum Gasteiger partial charge on any atom is 0.341 e. The van der Waals surface area contributed by atoms with E-state index in [4.69, 9.17) is 75.9 Å². The number of hydrogen-bond acceptors (Lipinski definition) is 2. The van der Waals surface area contributed by atoms with Crippen molar-refractivity contribution >= 4 is 78.5 Å². The molecule has 0 amide bonds. The van der Waals surface area contributed by atoms with Crippen molar-refractivity contribution < 1.29 is 9.47 Å². The molecule has 4 fully saturated rings. The number of rotatable bonds is 10. The molecule has 4 aliphatic rings. The molecule has 0 unspecified atom stereocenters. The van der Waals surface area contributed by atoms with Crippen molar-refractivity contribution in [3.8, 4) is 0 Å². The van der Waals surface area contributed by atoms with E-state index < -0.39 is 12.0 Å². The van der Waals surface area contributed by atoms with E-state index >= 15 is 0 Å². The van der Waals surface area contributed by atoms with Crippen LogP contribution in [0, 0.1) is 10.8 Å². The fourth-order valence-electron chi connectivity index (χ4n) is 6.91. The van der Waals surface area contributed by atoms with Crippen LogP contribution >= 0.6 is 66.5 Å². The minimum Gasteiger partial charge on any atom is -0.375 e. The zero-order chi connectivity index (χ0) is 20.9. The van der Waals surface area contributed by atoms with E-state index in [0.717, 1.165) is 44.9 Å². The number of hydrogen-bond donors (Lipinski definition) is 0. The van der Waals surface area contributed by atoms with Gasteiger partial charge in [0.15, 0.2) is 0 Å². The summed E-state index contributed by atoms with van der Waals surface area (Å²) in [6.07, 6.45) is 8.24. The summed E-state index contributed by atoms with van der Waals surface area (Å²) in [5.74, 6) is 0. The Kier molecular flexibility index (Phi) is 7.47. The Morgan fingerprint density at radius 3 is 1.29 bits per heavy atom. The van der Waals surface area contributed by atoms with Crippen LogP contribution in [0.3, 0.4) is 0 Å². The molecule has 0 aromatic rings. The van der Waals surface area contributed by atoms with Crippen LogP contribution < -0.4 is 0 Å². The molecule has 0 aromatic heterocycles. The Balaban J connectivity index is 1.65. The third-order valence-corrected chi connectivity index (χ3v) is 11.8. The zero-order valence-electron chi connectivity index (χ0n) is 16.6. The lowest BCUT2D eigenvalue weighted by Gasteiger charge is -2.68. The Hall–Kier alpha value is 2.09. The van der Waals surface area contributed by atoms with Crippen molar-refractivity contribution in [3.05, 3.63) is 0 Å². The molecule has 164 valence electrons. The van der Waals surface area contributed by atoms with Crippen LogP contribution in [0.2, 0.25) is 12.1 Å². The molecule has 0 atom stereocenters. The summed E-state index contributed by atoms with van der Waals surface area (Å²) in [5, 5.41) is 0. The van der Waals surface area contributed by atoms with Crippen LogP contribution in [0.15, 0.2) is 0 Å². The molecule has 2 nitrogen and oxygen atoms in total. The molecule has 0 aromatic carbocycles. The first-order valence-electron chi connectivity index (χ1n) is 10.1. The highest BCUT2D eigenvalue weighted by Crippen LogP contribution is 2.69. The fraction of sp³-hybridized carbons (Fsp3) is 1.00. The van der Waals surface area contributed by atoms with E-state index in [9.17, 15) is 0 Å². The topological polar surface area (TPSA) is 18.5 Å². The third kappa shape index (κ3) is 6.55. The molecule has 28 heavy (non-hydrogen) atoms. The Morgan fingerprint density at radius 2 is 0.964 bits per heavy atom. The largest absolute Gasteiger partial charge is 0.375 e. The van der Waals surface area contributed by atoms with Gasteiger partial charge in [-0.1, -0.05) is 13.8 Å². The Labute approximate surface area is 199 Å². The minimum atomic E-state index is -2.58. The Morgan fingerprint density at radius 1 is 0.607 bits per heavy atom. The first-order chi connectivity index (χ1) is 12.7. The van der Waals surface area contributed by atoms with Gasteiger partial charge >= 0.3 is 12.0 Å². The summed E-state index contributed by atoms with van der Waals surface area (Å²) < 4.78 is 13.1. The second kappa shape index (κ2) is 8.46. The summed E-state index contributed by atoms with van der Waals surface area (Å²) in [4.78, 5) is 0. The highest BCUT2D eigenvalue weighted by molar-refractivity contribution is 7.65. The van der Waals surface area contributed by atoms with Gasteiger partial charge in [-0.15, -0.1) is 66.5 Å². The first kappa shape index (κ1) is 24.7. The van der Waals surface area contributed by atoms with E-state index in [1.807, 2.05) is 0 Å². The standard InChI is InChI=1S/C18H30Cl6O2Si2/c1-15-9-16(2)12-17(10-15,25-5-3-7-27(19,20)21)14-18(11-15,13-16)26-6-4-8-28(22,23)24/h3-14H2,1-2H3. The average molecular weight is 547 g/mol. The van der Waals surface area contributed by atoms with Gasteiger partial charge in [-0.05, 0) is 67.9 Å². The lowest BCUT2D eigenvalue weighted by Crippen LogP contribution is -2.67. The van der Waals surface area contributed by atoms with Crippen molar-refractivity contribution in [2.75, 3.05) is 13.2 Å². The van der Waals surface area contributed by atoms with Crippen molar-refractivity contribution in [2.24, 2.45) is 10.8 Å². The maximum absolute atomic E-state index is 6.56. The van der Waals surface area contributed by atoms with E-state index in [1.54, 1.807) is 0 Å². The van der Waals surface area contributed by atoms with Crippen molar-refractivity contribution in [1.29, 1.82) is 0 Å². The summed E-state index contributed by atoms with van der Waals surface area (Å²) >= 11 is 36.2. The smallest absolute Gasteiger partial charge is 0.341 e. The summed E-state index contributed by atoms with van der Waals surface area (Å²) in [6.45, 7) is 6.12. The summed E-state index contributed by atoms with van der Waals surface area (Å²) in [6, 6.07) is -3.88. The fourth-order valence-corrected chi connectivity index (χ4v) is 10.4. The molecular weight excluding hydrogens is 517 g/mol. The molecular formula is C18H30Cl6O2Si2. The molecule has 0 spiro atoms. The predicted octanol–water partition coefficient (Wildman–Crippen LogP) is 7.98. The molecule has 0 heterocycles. The molecule has 0 saturated heterocycles. The first-order valence-corrected chi connectivity index (χ1v) is 20.6. The molecule has 10 heteroatoms. The van der Waals surface area contributed by atoms with Crippen molar-refractivity contribution in [2.45, 2.75) is 88.5 Å². The predicted molar refractivity (Wildman–Crippen MR) is 127 cm³/mol. The minimum absolute atomic E-state index is 0.114. The van der Waals surface area contributed by atoms with Gasteiger partial charge in [0.25, 0.3) is 0 Å². The van der Waals surface area contributed by atoms with E-state index in [2.05, 4.69) is 13.8 Å². The molecule has 0 aliphatic heterocycles. The lowest BCUT2D eigenvalue weighted by molar-refractivity contribution is -0.280. The SMILES string of the molecule is CC12CC3(C)CC(OCCC[Si](Cl)(Cl)Cl)(C1)CC(OCCC[Si](Cl)(Cl)Cl)(C2)C3. The van der Waals surface area contributed by atoms with Gasteiger partial charge in [-0.2, -0.15) is 0 Å². The second-order valence-corrected chi connectivity index (χ2v) is 28.7. The van der Waals surface area contributed by atoms with Crippen molar-refractivity contribution in [1.82, 2.24) is 0 Å². The molecule has 4 aliphatic carbocycles. The van der Waals surface area contributed by atoms with Crippen LogP contribution in [0.25, 0.3) is 0 Å². The maximum atomic E-state index is 6.56. The quantitative estimate of drug-likeness (QED) is 0.157. The van der Waals surface area contributed by atoms with Crippen molar-refractivity contribution in [3.63, 3.8) is 0 Å². The van der Waals surface area contributed by atoms with Crippen LogP contribution in [-0.2, 0) is 9.47 Å². The van der Waals surface area contributed by atoms with E-state index in [-0.39, 0.29) is 22.0 Å². The van der Waals surface area contributed by atoms with Crippen LogP contribution in [0.4, 0.5) is 0 Å². The van der Waals surface area contributed by atoms with Gasteiger partial charge in [0.05, 0.1) is 11.2 Å². The van der Waals surface area contributed by atoms with Crippen LogP contribution in [0.1, 0.15) is 65.2 Å². The lowest BCUT2D eigenvalue weighted by atomic mass is 9.42. The van der Waals surface area contributed by atoms with Crippen LogP contribution in [-0.4, -0.2) is 36.4 Å². The normalized spacial score (nSPS) is 40.3. The second-order valence-electron chi connectivity index (χ2n) is 10.2. The van der Waals surface area contributed by atoms with Gasteiger partial charge in [-0.25, -0.2) is 0 Å². The molecule has 4 saturated carbocycles. The number of halogens is 6. The van der Waals surface area contributed by atoms with Gasteiger partial charge in [0, 0.05) is 19.6 Å². The van der Waals surface area contributed by atoms with Gasteiger partial charge in [0.1, 0.15) is 0 Å². The molecule has 4 rings (SSSR count). The molecule has 4 bridgehead atoms. The zero-order valence-corrected chi connectivity index (χ0v) is 23.1. The highest BCUT2D eigenvalue weighted by atomic mass is 35.8. The van der Waals surface area contributed by atoms with Gasteiger partial charge in [-0.3, -0.25) is 0 Å². The van der Waals surface area contributed by atoms with E-state index in [1.165, 1.54) is 6.42 Å².